The quantitative estimate of drug-likeness (QED) is 0.779. The summed E-state index contributed by atoms with van der Waals surface area (Å²) in [5, 5.41) is 0. The molecule has 1 heterocycles. The molecule has 0 atom stereocenters. The van der Waals surface area contributed by atoms with Crippen LogP contribution in [0, 0.1) is 6.92 Å². The van der Waals surface area contributed by atoms with Crippen molar-refractivity contribution >= 4 is 0 Å². The maximum atomic E-state index is 11.7. The Labute approximate surface area is 97.5 Å². The third kappa shape index (κ3) is 2.19. The molecule has 17 heavy (non-hydrogen) atoms. The molecule has 0 amide bonds. The number of H-pyrrole nitrogens is 1. The highest BCUT2D eigenvalue weighted by atomic mass is 16.2. The first-order valence-corrected chi connectivity index (χ1v) is 5.24. The number of hydrogen-bond acceptors (Lipinski definition) is 3. The van der Waals surface area contributed by atoms with Gasteiger partial charge in [0.15, 0.2) is 0 Å². The molecule has 0 bridgehead atoms. The summed E-state index contributed by atoms with van der Waals surface area (Å²) in [5.41, 5.74) is 6.68. The third-order valence-electron chi connectivity index (χ3n) is 2.52. The zero-order chi connectivity index (χ0) is 12.4. The van der Waals surface area contributed by atoms with Crippen LogP contribution in [0.2, 0.25) is 0 Å². The van der Waals surface area contributed by atoms with Crippen LogP contribution < -0.4 is 17.0 Å². The van der Waals surface area contributed by atoms with Gasteiger partial charge in [0.25, 0.3) is 5.56 Å². The molecule has 0 saturated carbocycles. The first-order chi connectivity index (χ1) is 8.11. The van der Waals surface area contributed by atoms with E-state index in [9.17, 15) is 9.59 Å². The summed E-state index contributed by atoms with van der Waals surface area (Å²) in [4.78, 5) is 25.3. The smallest absolute Gasteiger partial charge is 0.326 e. The summed E-state index contributed by atoms with van der Waals surface area (Å²) in [5.74, 6) is 0. The van der Waals surface area contributed by atoms with Crippen molar-refractivity contribution in [3.05, 3.63) is 62.4 Å². The van der Waals surface area contributed by atoms with Gasteiger partial charge in [-0.15, -0.1) is 0 Å². The van der Waals surface area contributed by atoms with Gasteiger partial charge in [-0.3, -0.25) is 14.3 Å². The molecule has 0 aliphatic heterocycles. The van der Waals surface area contributed by atoms with Crippen LogP contribution >= 0.6 is 0 Å². The number of aromatic amines is 1. The Balaban J connectivity index is 2.67. The SMILES string of the molecule is Cc1cccc(-n2cc(CN)c(=O)[nH]c2=O)c1. The molecule has 1 aromatic heterocycles. The number of aryl methyl sites for hydroxylation is 1. The highest BCUT2D eigenvalue weighted by Gasteiger charge is 2.04. The van der Waals surface area contributed by atoms with Gasteiger partial charge in [-0.2, -0.15) is 0 Å². The van der Waals surface area contributed by atoms with Crippen molar-refractivity contribution in [3.8, 4) is 5.69 Å². The predicted molar refractivity (Wildman–Crippen MR) is 65.3 cm³/mol. The predicted octanol–water partition coefficient (Wildman–Crippen LogP) is 0.293. The van der Waals surface area contributed by atoms with E-state index in [2.05, 4.69) is 4.98 Å². The van der Waals surface area contributed by atoms with Crippen molar-refractivity contribution in [2.75, 3.05) is 0 Å². The molecule has 0 unspecified atom stereocenters. The van der Waals surface area contributed by atoms with E-state index in [1.165, 1.54) is 10.8 Å². The highest BCUT2D eigenvalue weighted by molar-refractivity contribution is 5.35. The van der Waals surface area contributed by atoms with Crippen LogP contribution in [-0.2, 0) is 6.54 Å². The van der Waals surface area contributed by atoms with Gasteiger partial charge in [-0.25, -0.2) is 4.79 Å². The van der Waals surface area contributed by atoms with E-state index < -0.39 is 11.2 Å². The van der Waals surface area contributed by atoms with E-state index in [1.807, 2.05) is 25.1 Å². The van der Waals surface area contributed by atoms with Crippen LogP contribution in [0.15, 0.2) is 40.1 Å². The average Bonchev–Trinajstić information content (AvgIpc) is 2.29. The van der Waals surface area contributed by atoms with E-state index >= 15 is 0 Å². The van der Waals surface area contributed by atoms with E-state index in [0.717, 1.165) is 5.56 Å². The molecule has 88 valence electrons. The van der Waals surface area contributed by atoms with Gasteiger partial charge in [-0.1, -0.05) is 12.1 Å². The lowest BCUT2D eigenvalue weighted by Crippen LogP contribution is -2.31. The number of nitrogens with zero attached hydrogens (tertiary/aromatic N) is 1. The fraction of sp³-hybridized carbons (Fsp3) is 0.167. The fourth-order valence-corrected chi connectivity index (χ4v) is 1.63. The molecule has 0 fully saturated rings. The topological polar surface area (TPSA) is 80.9 Å². The van der Waals surface area contributed by atoms with Crippen LogP contribution in [-0.4, -0.2) is 9.55 Å². The molecule has 0 spiro atoms. The number of rotatable bonds is 2. The number of nitrogens with one attached hydrogen (secondary N) is 1. The van der Waals surface area contributed by atoms with Crippen LogP contribution in [0.3, 0.4) is 0 Å². The molecule has 2 rings (SSSR count). The molecule has 2 aromatic rings. The average molecular weight is 231 g/mol. The Bertz CT molecular complexity index is 655. The van der Waals surface area contributed by atoms with Gasteiger partial charge in [0.1, 0.15) is 0 Å². The summed E-state index contributed by atoms with van der Waals surface area (Å²) in [6.07, 6.45) is 1.48. The lowest BCUT2D eigenvalue weighted by Gasteiger charge is -2.07. The number of nitrogens with two attached hydrogens (primary N) is 1. The Morgan fingerprint density at radius 3 is 2.76 bits per heavy atom. The molecule has 5 nitrogen and oxygen atoms in total. The second kappa shape index (κ2) is 4.39. The summed E-state index contributed by atoms with van der Waals surface area (Å²) in [6, 6.07) is 7.45. The van der Waals surface area contributed by atoms with Crippen LogP contribution in [0.5, 0.6) is 0 Å². The van der Waals surface area contributed by atoms with Crippen molar-refractivity contribution in [1.29, 1.82) is 0 Å². The monoisotopic (exact) mass is 231 g/mol. The van der Waals surface area contributed by atoms with Gasteiger partial charge in [0.2, 0.25) is 0 Å². The maximum absolute atomic E-state index is 11.7. The zero-order valence-electron chi connectivity index (χ0n) is 9.43. The first-order valence-electron chi connectivity index (χ1n) is 5.24. The largest absolute Gasteiger partial charge is 0.332 e. The van der Waals surface area contributed by atoms with Gasteiger partial charge >= 0.3 is 5.69 Å². The standard InChI is InChI=1S/C12H13N3O2/c1-8-3-2-4-10(5-8)15-7-9(6-13)11(16)14-12(15)17/h2-5,7H,6,13H2,1H3,(H,14,16,17). The van der Waals surface area contributed by atoms with E-state index in [4.69, 9.17) is 5.73 Å². The molecule has 0 aliphatic rings. The summed E-state index contributed by atoms with van der Waals surface area (Å²) in [7, 11) is 0. The van der Waals surface area contributed by atoms with Crippen molar-refractivity contribution in [2.45, 2.75) is 13.5 Å². The molecular formula is C12H13N3O2. The van der Waals surface area contributed by atoms with E-state index in [0.29, 0.717) is 11.3 Å². The molecule has 1 aromatic carbocycles. The van der Waals surface area contributed by atoms with Gasteiger partial charge < -0.3 is 5.73 Å². The Morgan fingerprint density at radius 1 is 1.35 bits per heavy atom. The first kappa shape index (κ1) is 11.3. The molecular weight excluding hydrogens is 218 g/mol. The van der Waals surface area contributed by atoms with E-state index in [1.54, 1.807) is 6.07 Å². The number of aromatic nitrogens is 2. The number of benzene rings is 1. The van der Waals surface area contributed by atoms with Crippen molar-refractivity contribution in [1.82, 2.24) is 9.55 Å². The van der Waals surface area contributed by atoms with Crippen molar-refractivity contribution < 1.29 is 0 Å². The summed E-state index contributed by atoms with van der Waals surface area (Å²) < 4.78 is 1.39. The summed E-state index contributed by atoms with van der Waals surface area (Å²) in [6.45, 7) is 2.03. The number of hydrogen-bond donors (Lipinski definition) is 2. The second-order valence-corrected chi connectivity index (χ2v) is 3.83. The molecule has 0 aliphatic carbocycles. The van der Waals surface area contributed by atoms with Gasteiger partial charge in [-0.05, 0) is 24.6 Å². The lowest BCUT2D eigenvalue weighted by atomic mass is 10.2. The van der Waals surface area contributed by atoms with Crippen LogP contribution in [0.25, 0.3) is 5.69 Å². The second-order valence-electron chi connectivity index (χ2n) is 3.83. The minimum atomic E-state index is -0.460. The normalized spacial score (nSPS) is 10.5. The third-order valence-corrected chi connectivity index (χ3v) is 2.52. The fourth-order valence-electron chi connectivity index (χ4n) is 1.63. The Hall–Kier alpha value is -2.14. The molecule has 0 radical (unpaired) electrons. The zero-order valence-corrected chi connectivity index (χ0v) is 9.43. The molecule has 5 heteroatoms. The molecule has 3 N–H and O–H groups in total. The Kier molecular flexibility index (Phi) is 2.93. The van der Waals surface area contributed by atoms with E-state index in [-0.39, 0.29) is 6.54 Å². The minimum Gasteiger partial charge on any atom is -0.326 e. The lowest BCUT2D eigenvalue weighted by molar-refractivity contribution is 0.851. The van der Waals surface area contributed by atoms with Crippen LogP contribution in [0.4, 0.5) is 0 Å². The maximum Gasteiger partial charge on any atom is 0.332 e. The van der Waals surface area contributed by atoms with Crippen molar-refractivity contribution in [3.63, 3.8) is 0 Å². The molecule has 0 saturated heterocycles. The van der Waals surface area contributed by atoms with Gasteiger partial charge in [0, 0.05) is 18.3 Å². The highest BCUT2D eigenvalue weighted by Crippen LogP contribution is 2.07. The minimum absolute atomic E-state index is 0.0986. The van der Waals surface area contributed by atoms with Crippen molar-refractivity contribution in [2.24, 2.45) is 5.73 Å². The van der Waals surface area contributed by atoms with Crippen LogP contribution in [0.1, 0.15) is 11.1 Å². The van der Waals surface area contributed by atoms with Gasteiger partial charge in [0.05, 0.1) is 5.69 Å². The summed E-state index contributed by atoms with van der Waals surface area (Å²) >= 11 is 0. The Morgan fingerprint density at radius 2 is 2.12 bits per heavy atom.